The third-order valence-corrected chi connectivity index (χ3v) is 6.03. The van der Waals surface area contributed by atoms with Gasteiger partial charge in [0.2, 0.25) is 0 Å². The standard InChI is InChI=1S/C19H18N2O3S2/c1-3-25-13-6-4-5-12(9-13)18(22)20-19-21(2)14-10-15-16(11-17(14)26-19)24-8-7-23-15/h4-6,9-11H,3,7-8H2,1-2H3. The van der Waals surface area contributed by atoms with Gasteiger partial charge in [0.15, 0.2) is 16.3 Å². The number of hydrogen-bond donors (Lipinski definition) is 0. The fourth-order valence-electron chi connectivity index (χ4n) is 2.81. The van der Waals surface area contributed by atoms with Crippen molar-refractivity contribution in [3.8, 4) is 11.5 Å². The van der Waals surface area contributed by atoms with E-state index >= 15 is 0 Å². The number of rotatable bonds is 3. The monoisotopic (exact) mass is 386 g/mol. The first-order valence-corrected chi connectivity index (χ1v) is 10.2. The van der Waals surface area contributed by atoms with Crippen LogP contribution in [0.1, 0.15) is 17.3 Å². The van der Waals surface area contributed by atoms with Gasteiger partial charge < -0.3 is 14.0 Å². The summed E-state index contributed by atoms with van der Waals surface area (Å²) in [5, 5.41) is 0. The lowest BCUT2D eigenvalue weighted by Gasteiger charge is -2.18. The minimum Gasteiger partial charge on any atom is -0.486 e. The molecule has 3 aromatic rings. The number of fused-ring (bicyclic) bond motifs is 2. The number of hydrogen-bond acceptors (Lipinski definition) is 5. The van der Waals surface area contributed by atoms with Crippen LogP contribution in [0.25, 0.3) is 10.2 Å². The van der Waals surface area contributed by atoms with Crippen LogP contribution < -0.4 is 14.3 Å². The molecule has 4 rings (SSSR count). The first kappa shape index (κ1) is 17.2. The number of ether oxygens (including phenoxy) is 2. The van der Waals surface area contributed by atoms with Gasteiger partial charge in [-0.25, -0.2) is 0 Å². The molecular weight excluding hydrogens is 368 g/mol. The zero-order valence-corrected chi connectivity index (χ0v) is 16.2. The molecule has 0 radical (unpaired) electrons. The molecule has 5 nitrogen and oxygen atoms in total. The number of thiazole rings is 1. The highest BCUT2D eigenvalue weighted by Crippen LogP contribution is 2.35. The van der Waals surface area contributed by atoms with Crippen LogP contribution in [0.3, 0.4) is 0 Å². The van der Waals surface area contributed by atoms with E-state index in [1.807, 2.05) is 41.9 Å². The molecule has 0 aliphatic carbocycles. The molecule has 0 unspecified atom stereocenters. The van der Waals surface area contributed by atoms with Gasteiger partial charge in [-0.05, 0) is 24.0 Å². The first-order valence-electron chi connectivity index (χ1n) is 8.37. The molecule has 0 bridgehead atoms. The van der Waals surface area contributed by atoms with Crippen molar-refractivity contribution in [2.45, 2.75) is 11.8 Å². The highest BCUT2D eigenvalue weighted by molar-refractivity contribution is 7.99. The summed E-state index contributed by atoms with van der Waals surface area (Å²) in [6.45, 7) is 3.19. The van der Waals surface area contributed by atoms with Crippen molar-refractivity contribution in [3.05, 3.63) is 46.8 Å². The predicted octanol–water partition coefficient (Wildman–Crippen LogP) is 3.86. The number of nitrogens with zero attached hydrogens (tertiary/aromatic N) is 2. The molecule has 0 spiro atoms. The average Bonchev–Trinajstić information content (AvgIpc) is 2.95. The van der Waals surface area contributed by atoms with Crippen molar-refractivity contribution < 1.29 is 14.3 Å². The fraction of sp³-hybridized carbons (Fsp3) is 0.263. The molecule has 134 valence electrons. The Morgan fingerprint density at radius 1 is 1.23 bits per heavy atom. The number of benzene rings is 2. The number of carbonyl (C=O) groups excluding carboxylic acids is 1. The van der Waals surface area contributed by atoms with Crippen LogP contribution in [0.15, 0.2) is 46.3 Å². The number of thioether (sulfide) groups is 1. The highest BCUT2D eigenvalue weighted by atomic mass is 32.2. The summed E-state index contributed by atoms with van der Waals surface area (Å²) in [4.78, 5) is 18.7. The lowest BCUT2D eigenvalue weighted by atomic mass is 10.2. The van der Waals surface area contributed by atoms with Crippen molar-refractivity contribution in [1.82, 2.24) is 4.57 Å². The fourth-order valence-corrected chi connectivity index (χ4v) is 4.55. The summed E-state index contributed by atoms with van der Waals surface area (Å²) in [7, 11) is 1.91. The van der Waals surface area contributed by atoms with Crippen LogP contribution in [-0.2, 0) is 7.05 Å². The molecule has 2 aromatic carbocycles. The SMILES string of the molecule is CCSc1cccc(C(=O)N=c2sc3cc4c(cc3n2C)OCCO4)c1. The Morgan fingerprint density at radius 2 is 2.00 bits per heavy atom. The second kappa shape index (κ2) is 7.17. The van der Waals surface area contributed by atoms with Gasteiger partial charge in [0, 0.05) is 29.6 Å². The smallest absolute Gasteiger partial charge is 0.279 e. The van der Waals surface area contributed by atoms with Crippen LogP contribution in [0.4, 0.5) is 0 Å². The molecule has 1 amide bonds. The van der Waals surface area contributed by atoms with Crippen molar-refractivity contribution in [3.63, 3.8) is 0 Å². The zero-order chi connectivity index (χ0) is 18.1. The number of amides is 1. The predicted molar refractivity (Wildman–Crippen MR) is 105 cm³/mol. The second-order valence-electron chi connectivity index (χ2n) is 5.79. The van der Waals surface area contributed by atoms with E-state index in [1.165, 1.54) is 11.3 Å². The Balaban J connectivity index is 1.74. The molecule has 0 fully saturated rings. The van der Waals surface area contributed by atoms with E-state index in [1.54, 1.807) is 17.8 Å². The van der Waals surface area contributed by atoms with Crippen molar-refractivity contribution in [1.29, 1.82) is 0 Å². The van der Waals surface area contributed by atoms with Gasteiger partial charge in [-0.15, -0.1) is 11.8 Å². The molecule has 0 saturated heterocycles. The van der Waals surface area contributed by atoms with E-state index in [4.69, 9.17) is 9.47 Å². The zero-order valence-electron chi connectivity index (χ0n) is 14.5. The maximum Gasteiger partial charge on any atom is 0.279 e. The summed E-state index contributed by atoms with van der Waals surface area (Å²) in [6.07, 6.45) is 0. The van der Waals surface area contributed by atoms with Crippen molar-refractivity contribution in [2.75, 3.05) is 19.0 Å². The quantitative estimate of drug-likeness (QED) is 0.642. The number of aryl methyl sites for hydroxylation is 1. The molecule has 1 aromatic heterocycles. The molecule has 1 aliphatic heterocycles. The lowest BCUT2D eigenvalue weighted by Crippen LogP contribution is -2.15. The third-order valence-electron chi connectivity index (χ3n) is 4.06. The van der Waals surface area contributed by atoms with Crippen LogP contribution in [0.2, 0.25) is 0 Å². The Kier molecular flexibility index (Phi) is 4.74. The van der Waals surface area contributed by atoms with E-state index in [-0.39, 0.29) is 5.91 Å². The number of aromatic nitrogens is 1. The Labute approximate surface area is 159 Å². The maximum atomic E-state index is 12.6. The lowest BCUT2D eigenvalue weighted by molar-refractivity contribution is 0.0997. The minimum absolute atomic E-state index is 0.233. The highest BCUT2D eigenvalue weighted by Gasteiger charge is 2.16. The van der Waals surface area contributed by atoms with E-state index in [0.29, 0.717) is 23.6 Å². The van der Waals surface area contributed by atoms with Crippen molar-refractivity contribution >= 4 is 39.2 Å². The summed E-state index contributed by atoms with van der Waals surface area (Å²) in [5.41, 5.74) is 1.58. The molecule has 0 atom stereocenters. The van der Waals surface area contributed by atoms with Gasteiger partial charge in [0.25, 0.3) is 5.91 Å². The van der Waals surface area contributed by atoms with Gasteiger partial charge in [-0.1, -0.05) is 24.3 Å². The van der Waals surface area contributed by atoms with Gasteiger partial charge in [0.1, 0.15) is 13.2 Å². The molecule has 1 aliphatic rings. The summed E-state index contributed by atoms with van der Waals surface area (Å²) in [5.74, 6) is 2.21. The molecule has 0 N–H and O–H groups in total. The molecular formula is C19H18N2O3S2. The van der Waals surface area contributed by atoms with Crippen LogP contribution in [0.5, 0.6) is 11.5 Å². The average molecular weight is 386 g/mol. The van der Waals surface area contributed by atoms with E-state index in [9.17, 15) is 4.79 Å². The van der Waals surface area contributed by atoms with E-state index in [2.05, 4.69) is 11.9 Å². The topological polar surface area (TPSA) is 52.8 Å². The van der Waals surface area contributed by atoms with Crippen LogP contribution in [0, 0.1) is 0 Å². The summed E-state index contributed by atoms with van der Waals surface area (Å²) in [6, 6.07) is 11.5. The molecule has 7 heteroatoms. The molecule has 0 saturated carbocycles. The first-order chi connectivity index (χ1) is 12.7. The van der Waals surface area contributed by atoms with Crippen molar-refractivity contribution in [2.24, 2.45) is 12.0 Å². The number of carbonyl (C=O) groups is 1. The normalized spacial score (nSPS) is 14.0. The maximum absolute atomic E-state index is 12.6. The van der Waals surface area contributed by atoms with Crippen LogP contribution >= 0.6 is 23.1 Å². The Bertz CT molecular complexity index is 1050. The largest absolute Gasteiger partial charge is 0.486 e. The second-order valence-corrected chi connectivity index (χ2v) is 8.13. The van der Waals surface area contributed by atoms with Gasteiger partial charge in [0.05, 0.1) is 10.2 Å². The van der Waals surface area contributed by atoms with Gasteiger partial charge in [-0.3, -0.25) is 4.79 Å². The Hall–Kier alpha value is -2.25. The van der Waals surface area contributed by atoms with E-state index < -0.39 is 0 Å². The van der Waals surface area contributed by atoms with Gasteiger partial charge in [-0.2, -0.15) is 4.99 Å². The van der Waals surface area contributed by atoms with E-state index in [0.717, 1.165) is 32.4 Å². The molecule has 26 heavy (non-hydrogen) atoms. The van der Waals surface area contributed by atoms with Crippen LogP contribution in [-0.4, -0.2) is 29.4 Å². The Morgan fingerprint density at radius 3 is 2.77 bits per heavy atom. The minimum atomic E-state index is -0.233. The summed E-state index contributed by atoms with van der Waals surface area (Å²) >= 11 is 3.18. The third kappa shape index (κ3) is 3.24. The molecule has 2 heterocycles. The summed E-state index contributed by atoms with van der Waals surface area (Å²) < 4.78 is 14.2. The van der Waals surface area contributed by atoms with Gasteiger partial charge >= 0.3 is 0 Å².